The maximum absolute atomic E-state index is 12.9. The molecule has 114 valence electrons. The standard InChI is InChI=1S/C16H18N4OS/c21-16-14-11-5-3-1-2-4-6-12(11)22-15(14)19-10-20(16)9-13-17-7-8-18-13/h7-8,10H,1-6,9H2,(H,17,18). The molecule has 0 unspecified atom stereocenters. The fourth-order valence-corrected chi connectivity index (χ4v) is 4.41. The maximum atomic E-state index is 12.9. The average molecular weight is 314 g/mol. The lowest BCUT2D eigenvalue weighted by molar-refractivity contribution is 0.623. The first-order chi connectivity index (χ1) is 10.8. The van der Waals surface area contributed by atoms with Crippen molar-refractivity contribution in [3.8, 4) is 0 Å². The minimum absolute atomic E-state index is 0.0690. The molecule has 0 aromatic carbocycles. The van der Waals surface area contributed by atoms with Crippen LogP contribution in [0.5, 0.6) is 0 Å². The van der Waals surface area contributed by atoms with Crippen molar-refractivity contribution in [3.63, 3.8) is 0 Å². The number of hydrogen-bond donors (Lipinski definition) is 1. The molecule has 5 nitrogen and oxygen atoms in total. The Labute approximate surface area is 132 Å². The maximum Gasteiger partial charge on any atom is 0.262 e. The second-order valence-corrected chi connectivity index (χ2v) is 6.90. The van der Waals surface area contributed by atoms with Gasteiger partial charge in [-0.3, -0.25) is 9.36 Å². The Morgan fingerprint density at radius 3 is 2.86 bits per heavy atom. The zero-order valence-corrected chi connectivity index (χ0v) is 13.2. The number of fused-ring (bicyclic) bond motifs is 3. The molecule has 0 atom stereocenters. The van der Waals surface area contributed by atoms with Gasteiger partial charge >= 0.3 is 0 Å². The third-order valence-corrected chi connectivity index (χ3v) is 5.52. The second-order valence-electron chi connectivity index (χ2n) is 5.81. The van der Waals surface area contributed by atoms with Crippen LogP contribution in [-0.2, 0) is 19.4 Å². The quantitative estimate of drug-likeness (QED) is 0.791. The molecular formula is C16H18N4OS. The van der Waals surface area contributed by atoms with Crippen LogP contribution in [0.1, 0.15) is 41.9 Å². The van der Waals surface area contributed by atoms with E-state index in [1.54, 1.807) is 34.6 Å². The van der Waals surface area contributed by atoms with Crippen LogP contribution in [-0.4, -0.2) is 19.5 Å². The van der Waals surface area contributed by atoms with Gasteiger partial charge in [0.1, 0.15) is 10.7 Å². The molecule has 1 N–H and O–H groups in total. The Kier molecular flexibility index (Phi) is 3.54. The number of aromatic nitrogens is 4. The Hall–Kier alpha value is -1.95. The number of aryl methyl sites for hydroxylation is 2. The first kappa shape index (κ1) is 13.7. The van der Waals surface area contributed by atoms with Gasteiger partial charge < -0.3 is 4.98 Å². The normalized spacial score (nSPS) is 15.5. The topological polar surface area (TPSA) is 63.6 Å². The molecule has 0 fully saturated rings. The fourth-order valence-electron chi connectivity index (χ4n) is 3.19. The van der Waals surface area contributed by atoms with E-state index in [1.165, 1.54) is 36.1 Å². The summed E-state index contributed by atoms with van der Waals surface area (Å²) in [6, 6.07) is 0. The number of rotatable bonds is 2. The Balaban J connectivity index is 1.83. The zero-order chi connectivity index (χ0) is 14.9. The van der Waals surface area contributed by atoms with Gasteiger partial charge in [-0.25, -0.2) is 9.97 Å². The predicted octanol–water partition coefficient (Wildman–Crippen LogP) is 2.89. The van der Waals surface area contributed by atoms with Crippen molar-refractivity contribution >= 4 is 21.6 Å². The number of nitrogens with one attached hydrogen (secondary N) is 1. The predicted molar refractivity (Wildman–Crippen MR) is 87.4 cm³/mol. The van der Waals surface area contributed by atoms with Crippen LogP contribution in [0.25, 0.3) is 10.2 Å². The van der Waals surface area contributed by atoms with Crippen molar-refractivity contribution in [2.24, 2.45) is 0 Å². The molecule has 4 rings (SSSR count). The molecule has 6 heteroatoms. The van der Waals surface area contributed by atoms with Crippen molar-refractivity contribution < 1.29 is 0 Å². The van der Waals surface area contributed by atoms with E-state index in [4.69, 9.17) is 0 Å². The smallest absolute Gasteiger partial charge is 0.262 e. The van der Waals surface area contributed by atoms with E-state index in [0.29, 0.717) is 6.54 Å². The highest BCUT2D eigenvalue weighted by Gasteiger charge is 2.18. The number of imidazole rings is 1. The van der Waals surface area contributed by atoms with Crippen LogP contribution in [0.2, 0.25) is 0 Å². The van der Waals surface area contributed by atoms with Gasteiger partial charge in [-0.15, -0.1) is 11.3 Å². The molecule has 0 aliphatic heterocycles. The van der Waals surface area contributed by atoms with Crippen molar-refractivity contribution in [3.05, 3.63) is 45.3 Å². The van der Waals surface area contributed by atoms with Gasteiger partial charge in [0, 0.05) is 17.3 Å². The van der Waals surface area contributed by atoms with Crippen LogP contribution < -0.4 is 5.56 Å². The van der Waals surface area contributed by atoms with E-state index in [-0.39, 0.29) is 5.56 Å². The lowest BCUT2D eigenvalue weighted by atomic mass is 9.98. The highest BCUT2D eigenvalue weighted by molar-refractivity contribution is 7.18. The van der Waals surface area contributed by atoms with Crippen molar-refractivity contribution in [1.29, 1.82) is 0 Å². The molecule has 0 amide bonds. The minimum Gasteiger partial charge on any atom is -0.347 e. The molecule has 1 aliphatic carbocycles. The van der Waals surface area contributed by atoms with Gasteiger partial charge in [0.25, 0.3) is 5.56 Å². The Morgan fingerprint density at radius 1 is 1.18 bits per heavy atom. The lowest BCUT2D eigenvalue weighted by Gasteiger charge is -2.09. The third-order valence-electron chi connectivity index (χ3n) is 4.32. The van der Waals surface area contributed by atoms with Gasteiger partial charge in [0.15, 0.2) is 0 Å². The number of thiophene rings is 1. The molecule has 0 bridgehead atoms. The van der Waals surface area contributed by atoms with Crippen molar-refractivity contribution in [2.75, 3.05) is 0 Å². The summed E-state index contributed by atoms with van der Waals surface area (Å²) in [6.07, 6.45) is 12.2. The molecule has 0 saturated heterocycles. The van der Waals surface area contributed by atoms with E-state index >= 15 is 0 Å². The van der Waals surface area contributed by atoms with Crippen LogP contribution >= 0.6 is 11.3 Å². The molecule has 22 heavy (non-hydrogen) atoms. The fraction of sp³-hybridized carbons (Fsp3) is 0.438. The second kappa shape index (κ2) is 5.68. The third kappa shape index (κ3) is 2.37. The van der Waals surface area contributed by atoms with E-state index in [0.717, 1.165) is 28.9 Å². The molecule has 3 aromatic heterocycles. The summed E-state index contributed by atoms with van der Waals surface area (Å²) < 4.78 is 1.66. The largest absolute Gasteiger partial charge is 0.347 e. The van der Waals surface area contributed by atoms with Crippen LogP contribution in [0.15, 0.2) is 23.5 Å². The van der Waals surface area contributed by atoms with Gasteiger partial charge in [0.2, 0.25) is 0 Å². The molecule has 0 radical (unpaired) electrons. The zero-order valence-electron chi connectivity index (χ0n) is 12.3. The molecule has 3 aromatic rings. The van der Waals surface area contributed by atoms with Gasteiger partial charge in [-0.2, -0.15) is 0 Å². The lowest BCUT2D eigenvalue weighted by Crippen LogP contribution is -2.22. The van der Waals surface area contributed by atoms with E-state index < -0.39 is 0 Å². The summed E-state index contributed by atoms with van der Waals surface area (Å²) in [4.78, 5) is 26.9. The SMILES string of the molecule is O=c1c2c3c(sc2ncn1Cc1ncc[nH]1)CCCCCC3. The summed E-state index contributed by atoms with van der Waals surface area (Å²) >= 11 is 1.71. The van der Waals surface area contributed by atoms with Crippen molar-refractivity contribution in [2.45, 2.75) is 45.1 Å². The first-order valence-electron chi connectivity index (χ1n) is 7.81. The Bertz CT molecular complexity index is 847. The summed E-state index contributed by atoms with van der Waals surface area (Å²) in [5, 5.41) is 0.843. The molecule has 1 aliphatic rings. The number of H-pyrrole nitrogens is 1. The summed E-state index contributed by atoms with van der Waals surface area (Å²) in [5.41, 5.74) is 1.32. The van der Waals surface area contributed by atoms with Crippen LogP contribution in [0.3, 0.4) is 0 Å². The van der Waals surface area contributed by atoms with E-state index in [9.17, 15) is 4.79 Å². The summed E-state index contributed by atoms with van der Waals surface area (Å²) in [5.74, 6) is 0.779. The van der Waals surface area contributed by atoms with E-state index in [1.807, 2.05) is 0 Å². The summed E-state index contributed by atoms with van der Waals surface area (Å²) in [6.45, 7) is 0.444. The minimum atomic E-state index is 0.0690. The number of hydrogen-bond acceptors (Lipinski definition) is 4. The monoisotopic (exact) mass is 314 g/mol. The van der Waals surface area contributed by atoms with Gasteiger partial charge in [0.05, 0.1) is 18.3 Å². The van der Waals surface area contributed by atoms with E-state index in [2.05, 4.69) is 15.0 Å². The Morgan fingerprint density at radius 2 is 2.05 bits per heavy atom. The van der Waals surface area contributed by atoms with Crippen LogP contribution in [0.4, 0.5) is 0 Å². The molecular weight excluding hydrogens is 296 g/mol. The highest BCUT2D eigenvalue weighted by Crippen LogP contribution is 2.32. The van der Waals surface area contributed by atoms with Gasteiger partial charge in [-0.1, -0.05) is 12.8 Å². The van der Waals surface area contributed by atoms with Crippen LogP contribution in [0, 0.1) is 0 Å². The molecule has 0 spiro atoms. The average Bonchev–Trinajstić information content (AvgIpc) is 3.10. The molecule has 3 heterocycles. The van der Waals surface area contributed by atoms with Gasteiger partial charge in [-0.05, 0) is 31.2 Å². The molecule has 0 saturated carbocycles. The highest BCUT2D eigenvalue weighted by atomic mass is 32.1. The number of nitrogens with zero attached hydrogens (tertiary/aromatic N) is 3. The van der Waals surface area contributed by atoms with Crippen molar-refractivity contribution in [1.82, 2.24) is 19.5 Å². The first-order valence-corrected chi connectivity index (χ1v) is 8.62. The number of aromatic amines is 1. The summed E-state index contributed by atoms with van der Waals surface area (Å²) in [7, 11) is 0.